The Labute approximate surface area is 148 Å². The van der Waals surface area contributed by atoms with Gasteiger partial charge in [-0.15, -0.1) is 10.2 Å². The van der Waals surface area contributed by atoms with Crippen LogP contribution in [0.25, 0.3) is 11.3 Å². The summed E-state index contributed by atoms with van der Waals surface area (Å²) in [5.74, 6) is -1.23. The zero-order chi connectivity index (χ0) is 18.7. The van der Waals surface area contributed by atoms with Crippen LogP contribution in [0.5, 0.6) is 0 Å². The van der Waals surface area contributed by atoms with Crippen molar-refractivity contribution in [2.45, 2.75) is 6.18 Å². The van der Waals surface area contributed by atoms with Gasteiger partial charge in [0.15, 0.2) is 5.82 Å². The number of nitrogens with one attached hydrogen (secondary N) is 2. The number of carbonyl (C=O) groups excluding carboxylic acids is 1. The molecule has 1 fully saturated rings. The van der Waals surface area contributed by atoms with Crippen molar-refractivity contribution < 1.29 is 22.9 Å². The zero-order valence-electron chi connectivity index (χ0n) is 14.2. The fraction of sp³-hybridized carbons (Fsp3) is 0.353. The van der Waals surface area contributed by atoms with E-state index in [4.69, 9.17) is 0 Å². The van der Waals surface area contributed by atoms with Gasteiger partial charge in [0.2, 0.25) is 0 Å². The van der Waals surface area contributed by atoms with Gasteiger partial charge in [-0.25, -0.2) is 0 Å². The first-order chi connectivity index (χ1) is 12.3. The predicted octanol–water partition coefficient (Wildman–Crippen LogP) is 0.979. The summed E-state index contributed by atoms with van der Waals surface area (Å²) in [6, 6.07) is 9.71. The van der Waals surface area contributed by atoms with Gasteiger partial charge in [0.25, 0.3) is 0 Å². The fourth-order valence-corrected chi connectivity index (χ4v) is 2.72. The number of piperazine rings is 1. The zero-order valence-corrected chi connectivity index (χ0v) is 14.2. The molecule has 9 heteroatoms. The van der Waals surface area contributed by atoms with Crippen LogP contribution in [0, 0.1) is 0 Å². The topological polar surface area (TPSA) is 62.6 Å². The Morgan fingerprint density at radius 2 is 1.88 bits per heavy atom. The molecule has 138 valence electrons. The van der Waals surface area contributed by atoms with Crippen molar-refractivity contribution in [1.82, 2.24) is 10.2 Å². The lowest BCUT2D eigenvalue weighted by molar-refractivity contribution is -0.880. The number of amides is 1. The highest BCUT2D eigenvalue weighted by molar-refractivity contribution is 5.95. The Morgan fingerprint density at radius 1 is 1.15 bits per heavy atom. The van der Waals surface area contributed by atoms with E-state index in [1.807, 2.05) is 11.4 Å². The molecule has 0 unspecified atom stereocenters. The van der Waals surface area contributed by atoms with Gasteiger partial charge in [-0.3, -0.25) is 4.79 Å². The van der Waals surface area contributed by atoms with Crippen LogP contribution in [0.3, 0.4) is 0 Å². The van der Waals surface area contributed by atoms with Crippen molar-refractivity contribution in [1.29, 1.82) is 0 Å². The van der Waals surface area contributed by atoms with E-state index in [0.29, 0.717) is 11.3 Å². The largest absolute Gasteiger partial charge is 0.471 e. The van der Waals surface area contributed by atoms with Gasteiger partial charge in [0.1, 0.15) is 0 Å². The number of quaternary nitrogens is 1. The van der Waals surface area contributed by atoms with Gasteiger partial charge in [-0.1, -0.05) is 12.1 Å². The van der Waals surface area contributed by atoms with E-state index < -0.39 is 12.1 Å². The van der Waals surface area contributed by atoms with E-state index in [9.17, 15) is 18.0 Å². The number of hydrogen-bond donors (Lipinski definition) is 2. The third-order valence-corrected chi connectivity index (χ3v) is 4.27. The molecule has 2 aromatic rings. The number of aromatic nitrogens is 2. The number of alkyl halides is 3. The molecular weight excluding hydrogens is 347 g/mol. The van der Waals surface area contributed by atoms with Crippen molar-refractivity contribution in [3.8, 4) is 11.3 Å². The van der Waals surface area contributed by atoms with Gasteiger partial charge < -0.3 is 15.1 Å². The summed E-state index contributed by atoms with van der Waals surface area (Å²) in [6.07, 6.45) is -4.93. The number of anilines is 2. The number of hydrogen-bond acceptors (Lipinski definition) is 4. The summed E-state index contributed by atoms with van der Waals surface area (Å²) in [5.41, 5.74) is 1.15. The molecular formula is C17H19F3N5O+. The van der Waals surface area contributed by atoms with Crippen LogP contribution in [-0.4, -0.2) is 55.5 Å². The second-order valence-electron chi connectivity index (χ2n) is 6.25. The molecule has 1 saturated heterocycles. The molecule has 0 spiro atoms. The summed E-state index contributed by atoms with van der Waals surface area (Å²) >= 11 is 0. The van der Waals surface area contributed by atoms with Crippen molar-refractivity contribution in [3.63, 3.8) is 0 Å². The maximum absolute atomic E-state index is 12.4. The van der Waals surface area contributed by atoms with Crippen LogP contribution in [0.1, 0.15) is 0 Å². The van der Waals surface area contributed by atoms with E-state index in [1.165, 1.54) is 17.0 Å². The Hall–Kier alpha value is -2.68. The van der Waals surface area contributed by atoms with Crippen LogP contribution < -0.4 is 15.1 Å². The Kier molecular flexibility index (Phi) is 5.08. The van der Waals surface area contributed by atoms with Crippen molar-refractivity contribution in [2.75, 3.05) is 43.4 Å². The number of halogens is 3. The second-order valence-corrected chi connectivity index (χ2v) is 6.25. The molecule has 1 aromatic carbocycles. The smallest absolute Gasteiger partial charge is 0.344 e. The first kappa shape index (κ1) is 18.1. The average molecular weight is 366 g/mol. The highest BCUT2D eigenvalue weighted by atomic mass is 19.4. The lowest BCUT2D eigenvalue weighted by Gasteiger charge is -2.30. The van der Waals surface area contributed by atoms with E-state index in [-0.39, 0.29) is 5.69 Å². The summed E-state index contributed by atoms with van der Waals surface area (Å²) in [4.78, 5) is 14.7. The molecule has 1 aliphatic heterocycles. The molecule has 26 heavy (non-hydrogen) atoms. The highest BCUT2D eigenvalue weighted by Gasteiger charge is 2.38. The van der Waals surface area contributed by atoms with Gasteiger partial charge in [-0.2, -0.15) is 13.2 Å². The average Bonchev–Trinajstić information content (AvgIpc) is 2.62. The molecule has 6 nitrogen and oxygen atoms in total. The minimum Gasteiger partial charge on any atom is -0.344 e. The van der Waals surface area contributed by atoms with E-state index >= 15 is 0 Å². The minimum absolute atomic E-state index is 0.0535. The molecule has 0 bridgehead atoms. The Balaban J connectivity index is 1.73. The van der Waals surface area contributed by atoms with Gasteiger partial charge in [0, 0.05) is 11.3 Å². The lowest BCUT2D eigenvalue weighted by atomic mass is 10.1. The second kappa shape index (κ2) is 7.28. The van der Waals surface area contributed by atoms with E-state index in [2.05, 4.69) is 22.1 Å². The standard InChI is InChI=1S/C17H18F3N5O/c1-24-7-9-25(10-8-24)15-6-5-14(22-23-15)12-3-2-4-13(11-12)21-16(26)17(18,19)20/h2-6,11H,7-10H2,1H3,(H,21,26)/p+1. The Bertz CT molecular complexity index is 771. The monoisotopic (exact) mass is 366 g/mol. The molecule has 0 radical (unpaired) electrons. The quantitative estimate of drug-likeness (QED) is 0.850. The van der Waals surface area contributed by atoms with Crippen LogP contribution in [-0.2, 0) is 4.79 Å². The number of rotatable bonds is 3. The highest BCUT2D eigenvalue weighted by Crippen LogP contribution is 2.24. The van der Waals surface area contributed by atoms with Crippen LogP contribution in [0.2, 0.25) is 0 Å². The van der Waals surface area contributed by atoms with E-state index in [0.717, 1.165) is 32.0 Å². The Morgan fingerprint density at radius 3 is 2.50 bits per heavy atom. The molecule has 2 N–H and O–H groups in total. The summed E-state index contributed by atoms with van der Waals surface area (Å²) in [7, 11) is 2.15. The molecule has 0 aliphatic carbocycles. The normalized spacial score (nSPS) is 15.8. The van der Waals surface area contributed by atoms with Crippen molar-refractivity contribution in [3.05, 3.63) is 36.4 Å². The molecule has 0 saturated carbocycles. The molecule has 1 aliphatic rings. The van der Waals surface area contributed by atoms with Gasteiger partial charge >= 0.3 is 12.1 Å². The SMILES string of the molecule is C[NH+]1CCN(c2ccc(-c3cccc(NC(=O)C(F)(F)F)c3)nn2)CC1. The van der Waals surface area contributed by atoms with Crippen LogP contribution >= 0.6 is 0 Å². The van der Waals surface area contributed by atoms with Crippen LogP contribution in [0.4, 0.5) is 24.7 Å². The molecule has 3 rings (SSSR count). The summed E-state index contributed by atoms with van der Waals surface area (Å²) in [5, 5.41) is 10.2. The third kappa shape index (κ3) is 4.29. The maximum atomic E-state index is 12.4. The number of benzene rings is 1. The molecule has 0 atom stereocenters. The lowest BCUT2D eigenvalue weighted by Crippen LogP contribution is -3.12. The maximum Gasteiger partial charge on any atom is 0.471 e. The summed E-state index contributed by atoms with van der Waals surface area (Å²) < 4.78 is 37.1. The number of nitrogens with zero attached hydrogens (tertiary/aromatic N) is 3. The van der Waals surface area contributed by atoms with Gasteiger partial charge in [0.05, 0.1) is 38.9 Å². The summed E-state index contributed by atoms with van der Waals surface area (Å²) in [6.45, 7) is 3.87. The van der Waals surface area contributed by atoms with E-state index in [1.54, 1.807) is 18.2 Å². The predicted molar refractivity (Wildman–Crippen MR) is 91.0 cm³/mol. The third-order valence-electron chi connectivity index (χ3n) is 4.27. The minimum atomic E-state index is -4.93. The van der Waals surface area contributed by atoms with Crippen molar-refractivity contribution in [2.24, 2.45) is 0 Å². The van der Waals surface area contributed by atoms with Crippen LogP contribution in [0.15, 0.2) is 36.4 Å². The number of carbonyl (C=O) groups is 1. The fourth-order valence-electron chi connectivity index (χ4n) is 2.72. The first-order valence-electron chi connectivity index (χ1n) is 8.21. The number of likely N-dealkylation sites (N-methyl/N-ethyl adjacent to an activating group) is 1. The molecule has 1 aromatic heterocycles. The van der Waals surface area contributed by atoms with Gasteiger partial charge in [-0.05, 0) is 24.3 Å². The molecule has 2 heterocycles. The van der Waals surface area contributed by atoms with Crippen molar-refractivity contribution >= 4 is 17.4 Å². The molecule has 1 amide bonds. The first-order valence-corrected chi connectivity index (χ1v) is 8.21.